The molecule has 0 aromatic rings. The van der Waals surface area contributed by atoms with Crippen molar-refractivity contribution in [3.8, 4) is 0 Å². The van der Waals surface area contributed by atoms with Crippen LogP contribution in [0.1, 0.15) is 20.3 Å². The zero-order valence-electron chi connectivity index (χ0n) is 11.8. The van der Waals surface area contributed by atoms with Crippen molar-refractivity contribution in [3.63, 3.8) is 0 Å². The van der Waals surface area contributed by atoms with Crippen molar-refractivity contribution in [2.75, 3.05) is 26.2 Å². The number of β-lactam (4-membered cyclic amide) rings is 1. The Bertz CT molecular complexity index is 445. The van der Waals surface area contributed by atoms with E-state index >= 15 is 0 Å². The molecule has 7 heteroatoms. The molecule has 0 aliphatic carbocycles. The normalized spacial score (nSPS) is 25.0. The average Bonchev–Trinajstić information content (AvgIpc) is 2.79. The second-order valence-corrected chi connectivity index (χ2v) is 4.96. The first kappa shape index (κ1) is 14.8. The minimum atomic E-state index is -1.13. The van der Waals surface area contributed by atoms with Gasteiger partial charge in [-0.05, 0) is 13.1 Å². The number of amides is 1. The SMILES string of the molecule is CCN(CC)CCOC1=C(C(=O)O)N2C(=O)C(N)C2C1. The van der Waals surface area contributed by atoms with Crippen molar-refractivity contribution in [2.24, 2.45) is 5.73 Å². The third kappa shape index (κ3) is 2.38. The molecule has 2 rings (SSSR count). The van der Waals surface area contributed by atoms with Gasteiger partial charge in [0.25, 0.3) is 0 Å². The second-order valence-electron chi connectivity index (χ2n) is 4.96. The van der Waals surface area contributed by atoms with Crippen LogP contribution in [0.4, 0.5) is 0 Å². The first-order chi connectivity index (χ1) is 9.51. The lowest BCUT2D eigenvalue weighted by Crippen LogP contribution is -2.66. The lowest BCUT2D eigenvalue weighted by Gasteiger charge is -2.40. The summed E-state index contributed by atoms with van der Waals surface area (Å²) in [6.07, 6.45) is 0.396. The molecule has 0 saturated carbocycles. The van der Waals surface area contributed by atoms with E-state index in [4.69, 9.17) is 10.5 Å². The Morgan fingerprint density at radius 2 is 2.15 bits per heavy atom. The number of carbonyl (C=O) groups is 2. The molecule has 3 N–H and O–H groups in total. The summed E-state index contributed by atoms with van der Waals surface area (Å²) in [7, 11) is 0. The molecule has 0 radical (unpaired) electrons. The molecule has 0 aromatic heterocycles. The highest BCUT2D eigenvalue weighted by molar-refractivity contribution is 6.00. The highest BCUT2D eigenvalue weighted by Crippen LogP contribution is 2.38. The lowest BCUT2D eigenvalue weighted by atomic mass is 9.96. The van der Waals surface area contributed by atoms with Gasteiger partial charge in [-0.2, -0.15) is 0 Å². The highest BCUT2D eigenvalue weighted by atomic mass is 16.5. The number of nitrogens with zero attached hydrogens (tertiary/aromatic N) is 2. The summed E-state index contributed by atoms with van der Waals surface area (Å²) in [5, 5.41) is 9.23. The van der Waals surface area contributed by atoms with Crippen molar-refractivity contribution in [2.45, 2.75) is 32.4 Å². The average molecular weight is 283 g/mol. The minimum Gasteiger partial charge on any atom is -0.494 e. The molecule has 0 aromatic carbocycles. The fraction of sp³-hybridized carbons (Fsp3) is 0.692. The molecule has 2 unspecified atom stereocenters. The first-order valence-corrected chi connectivity index (χ1v) is 6.91. The number of ether oxygens (including phenoxy) is 1. The first-order valence-electron chi connectivity index (χ1n) is 6.91. The predicted octanol–water partition coefficient (Wildman–Crippen LogP) is -0.417. The van der Waals surface area contributed by atoms with E-state index in [0.717, 1.165) is 19.6 Å². The van der Waals surface area contributed by atoms with Gasteiger partial charge < -0.3 is 20.5 Å². The number of likely N-dealkylation sites (N-methyl/N-ethyl adjacent to an activating group) is 1. The number of carboxylic acids is 1. The van der Waals surface area contributed by atoms with Crippen LogP contribution in [0.5, 0.6) is 0 Å². The molecule has 112 valence electrons. The van der Waals surface area contributed by atoms with Gasteiger partial charge in [0.2, 0.25) is 5.91 Å². The summed E-state index contributed by atoms with van der Waals surface area (Å²) in [6, 6.07) is -0.856. The fourth-order valence-corrected chi connectivity index (χ4v) is 2.67. The number of rotatable bonds is 7. The van der Waals surface area contributed by atoms with Crippen LogP contribution < -0.4 is 5.73 Å². The maximum Gasteiger partial charge on any atom is 0.356 e. The third-order valence-electron chi connectivity index (χ3n) is 3.95. The molecule has 2 aliphatic rings. The Morgan fingerprint density at radius 1 is 1.50 bits per heavy atom. The quantitative estimate of drug-likeness (QED) is 0.616. The summed E-state index contributed by atoms with van der Waals surface area (Å²) in [4.78, 5) is 26.3. The largest absolute Gasteiger partial charge is 0.494 e. The molecule has 0 spiro atoms. The van der Waals surface area contributed by atoms with Crippen LogP contribution in [0.3, 0.4) is 0 Å². The number of hydrogen-bond acceptors (Lipinski definition) is 5. The molecule has 20 heavy (non-hydrogen) atoms. The standard InChI is InChI=1S/C13H21N3O4/c1-3-15(4-2)5-6-20-9-7-8-10(14)12(17)16(8)11(9)13(18)19/h8,10H,3-7,14H2,1-2H3,(H,18,19). The van der Waals surface area contributed by atoms with E-state index in [1.807, 2.05) is 0 Å². The molecule has 1 fully saturated rings. The lowest BCUT2D eigenvalue weighted by molar-refractivity contribution is -0.149. The topological polar surface area (TPSA) is 96.1 Å². The molecule has 7 nitrogen and oxygen atoms in total. The molecule has 2 heterocycles. The Labute approximate surface area is 118 Å². The monoisotopic (exact) mass is 283 g/mol. The molecule has 0 bridgehead atoms. The van der Waals surface area contributed by atoms with Crippen molar-refractivity contribution >= 4 is 11.9 Å². The van der Waals surface area contributed by atoms with E-state index in [0.29, 0.717) is 18.8 Å². The van der Waals surface area contributed by atoms with Crippen LogP contribution in [-0.4, -0.2) is 65.1 Å². The van der Waals surface area contributed by atoms with Crippen molar-refractivity contribution < 1.29 is 19.4 Å². The van der Waals surface area contributed by atoms with Gasteiger partial charge in [0, 0.05) is 13.0 Å². The molecule has 1 amide bonds. The molecule has 2 atom stereocenters. The second kappa shape index (κ2) is 5.80. The van der Waals surface area contributed by atoms with Crippen LogP contribution in [-0.2, 0) is 14.3 Å². The Kier molecular flexibility index (Phi) is 4.29. The van der Waals surface area contributed by atoms with Gasteiger partial charge in [-0.15, -0.1) is 0 Å². The fourth-order valence-electron chi connectivity index (χ4n) is 2.67. The number of hydrogen-bond donors (Lipinski definition) is 2. The van der Waals surface area contributed by atoms with Gasteiger partial charge in [0.05, 0.1) is 6.04 Å². The van der Waals surface area contributed by atoms with E-state index in [2.05, 4.69) is 18.7 Å². The summed E-state index contributed by atoms with van der Waals surface area (Å²) in [6.45, 7) is 7.10. The van der Waals surface area contributed by atoms with Gasteiger partial charge >= 0.3 is 5.97 Å². The van der Waals surface area contributed by atoms with E-state index in [1.165, 1.54) is 4.90 Å². The van der Waals surface area contributed by atoms with E-state index in [1.54, 1.807) is 0 Å². The summed E-state index contributed by atoms with van der Waals surface area (Å²) in [5.41, 5.74) is 5.64. The predicted molar refractivity (Wildman–Crippen MR) is 71.6 cm³/mol. The molecule has 1 saturated heterocycles. The highest BCUT2D eigenvalue weighted by Gasteiger charge is 2.54. The van der Waals surface area contributed by atoms with Crippen molar-refractivity contribution in [1.82, 2.24) is 9.80 Å². The van der Waals surface area contributed by atoms with Crippen LogP contribution in [0, 0.1) is 0 Å². The van der Waals surface area contributed by atoms with Gasteiger partial charge in [-0.1, -0.05) is 13.8 Å². The number of carboxylic acid groups (broad SMARTS) is 1. The molecule has 2 aliphatic heterocycles. The van der Waals surface area contributed by atoms with Gasteiger partial charge in [-0.3, -0.25) is 9.69 Å². The third-order valence-corrected chi connectivity index (χ3v) is 3.95. The minimum absolute atomic E-state index is 0.0405. The van der Waals surface area contributed by atoms with Crippen molar-refractivity contribution in [1.29, 1.82) is 0 Å². The van der Waals surface area contributed by atoms with E-state index in [9.17, 15) is 14.7 Å². The van der Waals surface area contributed by atoms with Crippen LogP contribution >= 0.6 is 0 Å². The van der Waals surface area contributed by atoms with Crippen LogP contribution in [0.2, 0.25) is 0 Å². The Balaban J connectivity index is 2.00. The van der Waals surface area contributed by atoms with E-state index in [-0.39, 0.29) is 17.6 Å². The summed E-state index contributed by atoms with van der Waals surface area (Å²) >= 11 is 0. The number of aliphatic carboxylic acids is 1. The van der Waals surface area contributed by atoms with Crippen LogP contribution in [0.25, 0.3) is 0 Å². The van der Waals surface area contributed by atoms with Crippen molar-refractivity contribution in [3.05, 3.63) is 11.5 Å². The smallest absolute Gasteiger partial charge is 0.356 e. The molecular weight excluding hydrogens is 262 g/mol. The maximum absolute atomic E-state index is 11.6. The zero-order chi connectivity index (χ0) is 14.9. The number of fused-ring (bicyclic) bond motifs is 1. The number of carbonyl (C=O) groups excluding carboxylic acids is 1. The summed E-state index contributed by atoms with van der Waals surface area (Å²) in [5.74, 6) is -1.10. The van der Waals surface area contributed by atoms with Gasteiger partial charge in [-0.25, -0.2) is 4.79 Å². The maximum atomic E-state index is 11.6. The van der Waals surface area contributed by atoms with E-state index < -0.39 is 12.0 Å². The summed E-state index contributed by atoms with van der Waals surface area (Å²) < 4.78 is 5.60. The Hall–Kier alpha value is -1.60. The van der Waals surface area contributed by atoms with Crippen LogP contribution in [0.15, 0.2) is 11.5 Å². The molecular formula is C13H21N3O4. The zero-order valence-corrected chi connectivity index (χ0v) is 11.8. The Morgan fingerprint density at radius 3 is 2.70 bits per heavy atom. The van der Waals surface area contributed by atoms with Gasteiger partial charge in [0.1, 0.15) is 18.4 Å². The number of nitrogens with two attached hydrogens (primary N) is 1. The van der Waals surface area contributed by atoms with Gasteiger partial charge in [0.15, 0.2) is 5.70 Å².